The molecule has 0 saturated carbocycles. The van der Waals surface area contributed by atoms with Gasteiger partial charge in [0.2, 0.25) is 0 Å². The van der Waals surface area contributed by atoms with Crippen molar-refractivity contribution in [3.05, 3.63) is 53.9 Å². The van der Waals surface area contributed by atoms with E-state index < -0.39 is 0 Å². The quantitative estimate of drug-likeness (QED) is 0.759. The van der Waals surface area contributed by atoms with Crippen LogP contribution < -0.4 is 0 Å². The van der Waals surface area contributed by atoms with Gasteiger partial charge < -0.3 is 14.2 Å². The summed E-state index contributed by atoms with van der Waals surface area (Å²) < 4.78 is 7.24. The molecule has 4 heteroatoms. The second kappa shape index (κ2) is 4.75. The third-order valence-electron chi connectivity index (χ3n) is 5.29. The molecule has 0 amide bonds. The molecule has 4 rings (SSSR count). The van der Waals surface area contributed by atoms with Crippen LogP contribution in [-0.2, 0) is 16.6 Å². The molecule has 0 N–H and O–H groups in total. The van der Waals surface area contributed by atoms with Crippen molar-refractivity contribution in [3.63, 3.8) is 0 Å². The zero-order chi connectivity index (χ0) is 16.3. The summed E-state index contributed by atoms with van der Waals surface area (Å²) in [6.07, 6.45) is 2.80. The highest BCUT2D eigenvalue weighted by atomic mass is 16.5. The average Bonchev–Trinajstić information content (AvgIpc) is 2.87. The van der Waals surface area contributed by atoms with E-state index in [0.29, 0.717) is 0 Å². The Kier molecular flexibility index (Phi) is 2.92. The van der Waals surface area contributed by atoms with E-state index in [1.54, 1.807) is 0 Å². The van der Waals surface area contributed by atoms with Gasteiger partial charge in [-0.25, -0.2) is 4.79 Å². The number of aromatic nitrogens is 1. The normalized spacial score (nSPS) is 22.8. The Bertz CT molecular complexity index is 875. The lowest BCUT2D eigenvalue weighted by Crippen LogP contribution is -2.40. The van der Waals surface area contributed by atoms with Crippen molar-refractivity contribution in [1.82, 2.24) is 9.47 Å². The van der Waals surface area contributed by atoms with E-state index in [1.807, 2.05) is 25.4 Å². The van der Waals surface area contributed by atoms with Crippen LogP contribution in [0.4, 0.5) is 0 Å². The Morgan fingerprint density at radius 2 is 2.04 bits per heavy atom. The molecule has 2 unspecified atom stereocenters. The van der Waals surface area contributed by atoms with Crippen LogP contribution in [0.1, 0.15) is 23.6 Å². The summed E-state index contributed by atoms with van der Waals surface area (Å²) in [6.45, 7) is 4.36. The lowest BCUT2D eigenvalue weighted by Gasteiger charge is -2.42. The third-order valence-corrected chi connectivity index (χ3v) is 5.29. The summed E-state index contributed by atoms with van der Waals surface area (Å²) in [6, 6.07) is 8.58. The van der Waals surface area contributed by atoms with E-state index in [1.165, 1.54) is 23.6 Å². The molecule has 1 aliphatic heterocycles. The van der Waals surface area contributed by atoms with Gasteiger partial charge in [-0.3, -0.25) is 0 Å². The number of hydrogen-bond acceptors (Lipinski definition) is 3. The van der Waals surface area contributed by atoms with Crippen molar-refractivity contribution in [2.24, 2.45) is 7.05 Å². The maximum Gasteiger partial charge on any atom is 0.335 e. The molecule has 23 heavy (non-hydrogen) atoms. The van der Waals surface area contributed by atoms with Gasteiger partial charge in [-0.05, 0) is 23.6 Å². The summed E-state index contributed by atoms with van der Waals surface area (Å²) in [5.74, 6) is -0.179. The van der Waals surface area contributed by atoms with Crippen molar-refractivity contribution >= 4 is 22.4 Å². The minimum absolute atomic E-state index is 0.0650. The van der Waals surface area contributed by atoms with Crippen LogP contribution >= 0.6 is 0 Å². The van der Waals surface area contributed by atoms with Crippen molar-refractivity contribution in [2.75, 3.05) is 14.2 Å². The van der Waals surface area contributed by atoms with Crippen LogP contribution in [-0.4, -0.2) is 35.6 Å². The van der Waals surface area contributed by atoms with Crippen molar-refractivity contribution in [3.8, 4) is 0 Å². The molecule has 0 fully saturated rings. The molecule has 2 bridgehead atoms. The number of aryl methyl sites for hydroxylation is 1. The first kappa shape index (κ1) is 14.1. The van der Waals surface area contributed by atoms with Crippen LogP contribution in [0.3, 0.4) is 0 Å². The van der Waals surface area contributed by atoms with Crippen molar-refractivity contribution in [2.45, 2.75) is 18.4 Å². The smallest absolute Gasteiger partial charge is 0.335 e. The fourth-order valence-corrected chi connectivity index (χ4v) is 4.21. The number of benzene rings is 1. The molecule has 0 radical (unpaired) electrons. The molecule has 1 aromatic carbocycles. The van der Waals surface area contributed by atoms with Gasteiger partial charge in [-0.1, -0.05) is 24.8 Å². The third kappa shape index (κ3) is 1.75. The molecule has 1 aromatic heterocycles. The van der Waals surface area contributed by atoms with Crippen LogP contribution in [0.5, 0.6) is 0 Å². The zero-order valence-corrected chi connectivity index (χ0v) is 13.7. The van der Waals surface area contributed by atoms with E-state index in [4.69, 9.17) is 4.74 Å². The van der Waals surface area contributed by atoms with Gasteiger partial charge in [0.1, 0.15) is 0 Å². The van der Waals surface area contributed by atoms with Crippen LogP contribution in [0, 0.1) is 0 Å². The Labute approximate surface area is 135 Å². The first-order valence-corrected chi connectivity index (χ1v) is 7.83. The van der Waals surface area contributed by atoms with E-state index >= 15 is 0 Å². The molecular formula is C19H20N2O2. The van der Waals surface area contributed by atoms with Gasteiger partial charge in [0.25, 0.3) is 0 Å². The fourth-order valence-electron chi connectivity index (χ4n) is 4.21. The largest absolute Gasteiger partial charge is 0.466 e. The first-order valence-electron chi connectivity index (χ1n) is 7.83. The van der Waals surface area contributed by atoms with Gasteiger partial charge in [-0.2, -0.15) is 0 Å². The summed E-state index contributed by atoms with van der Waals surface area (Å²) >= 11 is 0. The molecule has 1 aliphatic carbocycles. The molecule has 4 nitrogen and oxygen atoms in total. The summed E-state index contributed by atoms with van der Waals surface area (Å²) in [5, 5.41) is 1.20. The van der Waals surface area contributed by atoms with Crippen LogP contribution in [0.15, 0.2) is 42.6 Å². The van der Waals surface area contributed by atoms with E-state index in [9.17, 15) is 4.79 Å². The Balaban J connectivity index is 2.04. The number of likely N-dealkylation sites (N-methyl/N-ethyl adjacent to an activating group) is 1. The summed E-state index contributed by atoms with van der Waals surface area (Å²) in [4.78, 5) is 14.4. The van der Waals surface area contributed by atoms with E-state index in [0.717, 1.165) is 23.3 Å². The number of ether oxygens (including phenoxy) is 1. The molecule has 2 aromatic rings. The minimum Gasteiger partial charge on any atom is -0.466 e. The number of nitrogens with zero attached hydrogens (tertiary/aromatic N) is 2. The monoisotopic (exact) mass is 308 g/mol. The maximum atomic E-state index is 12.3. The van der Waals surface area contributed by atoms with Crippen LogP contribution in [0.25, 0.3) is 16.5 Å². The Hall–Kier alpha value is -2.49. The number of rotatable bonds is 1. The average molecular weight is 308 g/mol. The Morgan fingerprint density at radius 1 is 1.30 bits per heavy atom. The molecule has 2 aliphatic rings. The molecule has 2 heterocycles. The number of para-hydroxylation sites is 1. The highest BCUT2D eigenvalue weighted by Crippen LogP contribution is 2.49. The lowest BCUT2D eigenvalue weighted by atomic mass is 9.74. The minimum atomic E-state index is -0.244. The van der Waals surface area contributed by atoms with Crippen molar-refractivity contribution in [1.29, 1.82) is 0 Å². The number of hydrogen-bond donors (Lipinski definition) is 0. The topological polar surface area (TPSA) is 34.5 Å². The van der Waals surface area contributed by atoms with Gasteiger partial charge in [0.05, 0.1) is 24.4 Å². The predicted molar refractivity (Wildman–Crippen MR) is 91.0 cm³/mol. The standard InChI is InChI=1S/C19H20N2O2/c1-11-16-9-13(14(10-20(16)2)19(22)23-4)17-12-7-5-6-8-15(12)21(3)18(11)17/h5-8,10,13,16H,1,9H2,2-4H3. The molecular weight excluding hydrogens is 288 g/mol. The SMILES string of the molecule is C=C1c2c(c3ccccc3n2C)C2CC1N(C)C=C2C(=O)OC. The van der Waals surface area contributed by atoms with Gasteiger partial charge in [0.15, 0.2) is 0 Å². The molecule has 118 valence electrons. The zero-order valence-electron chi connectivity index (χ0n) is 13.7. The summed E-state index contributed by atoms with van der Waals surface area (Å²) in [5.41, 5.74) is 5.41. The van der Waals surface area contributed by atoms with Crippen molar-refractivity contribution < 1.29 is 9.53 Å². The Morgan fingerprint density at radius 3 is 2.78 bits per heavy atom. The number of methoxy groups -OCH3 is 1. The highest BCUT2D eigenvalue weighted by molar-refractivity contribution is 5.97. The highest BCUT2D eigenvalue weighted by Gasteiger charge is 2.42. The van der Waals surface area contributed by atoms with Gasteiger partial charge in [0, 0.05) is 37.1 Å². The number of esters is 1. The van der Waals surface area contributed by atoms with Gasteiger partial charge >= 0.3 is 5.97 Å². The number of carbonyl (C=O) groups is 1. The first-order chi connectivity index (χ1) is 11.0. The summed E-state index contributed by atoms with van der Waals surface area (Å²) in [7, 11) is 5.53. The second-order valence-corrected chi connectivity index (χ2v) is 6.41. The second-order valence-electron chi connectivity index (χ2n) is 6.41. The maximum absolute atomic E-state index is 12.3. The lowest BCUT2D eigenvalue weighted by molar-refractivity contribution is -0.136. The van der Waals surface area contributed by atoms with Crippen LogP contribution in [0.2, 0.25) is 0 Å². The molecule has 0 spiro atoms. The van der Waals surface area contributed by atoms with Gasteiger partial charge in [-0.15, -0.1) is 0 Å². The number of fused-ring (bicyclic) bond motifs is 6. The molecule has 0 saturated heterocycles. The number of carbonyl (C=O) groups excluding carboxylic acids is 1. The fraction of sp³-hybridized carbons (Fsp3) is 0.316. The molecule has 2 atom stereocenters. The van der Waals surface area contributed by atoms with E-state index in [2.05, 4.69) is 35.2 Å². The van der Waals surface area contributed by atoms with E-state index in [-0.39, 0.29) is 17.9 Å². The predicted octanol–water partition coefficient (Wildman–Crippen LogP) is 3.05.